The molecule has 134 valence electrons. The van der Waals surface area contributed by atoms with Crippen molar-refractivity contribution in [1.82, 2.24) is 15.0 Å². The fourth-order valence-electron chi connectivity index (χ4n) is 2.91. The van der Waals surface area contributed by atoms with Crippen molar-refractivity contribution in [2.45, 2.75) is 38.1 Å². The highest BCUT2D eigenvalue weighted by atomic mass is 16.5. The Balaban J connectivity index is 1.47. The number of rotatable bonds is 6. The van der Waals surface area contributed by atoms with Gasteiger partial charge in [0.15, 0.2) is 0 Å². The first-order valence-corrected chi connectivity index (χ1v) is 8.66. The molecule has 1 aromatic heterocycles. The van der Waals surface area contributed by atoms with Crippen LogP contribution in [0.1, 0.15) is 31.6 Å². The van der Waals surface area contributed by atoms with E-state index in [0.29, 0.717) is 31.0 Å². The molecule has 1 amide bonds. The zero-order chi connectivity index (χ0) is 17.6. The number of carbonyl (C=O) groups excluding carboxylic acids is 1. The number of piperidine rings is 1. The quantitative estimate of drug-likeness (QED) is 0.861. The fourth-order valence-corrected chi connectivity index (χ4v) is 2.91. The minimum absolute atomic E-state index is 0.182. The monoisotopic (exact) mass is 344 g/mol. The standard InChI is InChI=1S/C18H24N4O3/c1-24-15-7-5-13(6-8-15)18-20-16(25-21-18)3-2-4-17(23)22-11-9-14(19)10-12-22/h5-8,14H,2-4,9-12,19H2,1H3. The molecule has 1 aromatic carbocycles. The summed E-state index contributed by atoms with van der Waals surface area (Å²) in [5.41, 5.74) is 6.74. The maximum Gasteiger partial charge on any atom is 0.226 e. The highest BCUT2D eigenvalue weighted by Gasteiger charge is 2.20. The van der Waals surface area contributed by atoms with Crippen LogP contribution in [-0.4, -0.2) is 47.2 Å². The van der Waals surface area contributed by atoms with Crippen LogP contribution in [0.15, 0.2) is 28.8 Å². The smallest absolute Gasteiger partial charge is 0.226 e. The molecule has 1 aliphatic heterocycles. The molecule has 0 unspecified atom stereocenters. The van der Waals surface area contributed by atoms with Crippen molar-refractivity contribution in [2.75, 3.05) is 20.2 Å². The first-order valence-electron chi connectivity index (χ1n) is 8.66. The van der Waals surface area contributed by atoms with Gasteiger partial charge in [0.25, 0.3) is 0 Å². The first-order chi connectivity index (χ1) is 12.2. The van der Waals surface area contributed by atoms with Crippen molar-refractivity contribution in [2.24, 2.45) is 5.73 Å². The number of benzene rings is 1. The average molecular weight is 344 g/mol. The van der Waals surface area contributed by atoms with E-state index >= 15 is 0 Å². The van der Waals surface area contributed by atoms with Gasteiger partial charge in [0.05, 0.1) is 7.11 Å². The van der Waals surface area contributed by atoms with Crippen molar-refractivity contribution in [3.8, 4) is 17.1 Å². The molecular weight excluding hydrogens is 320 g/mol. The van der Waals surface area contributed by atoms with E-state index in [1.807, 2.05) is 29.2 Å². The fraction of sp³-hybridized carbons (Fsp3) is 0.500. The summed E-state index contributed by atoms with van der Waals surface area (Å²) in [7, 11) is 1.63. The number of aromatic nitrogens is 2. The van der Waals surface area contributed by atoms with Gasteiger partial charge in [-0.3, -0.25) is 4.79 Å². The summed E-state index contributed by atoms with van der Waals surface area (Å²) < 4.78 is 10.4. The molecule has 2 N–H and O–H groups in total. The van der Waals surface area contributed by atoms with Gasteiger partial charge in [0.1, 0.15) is 5.75 Å². The van der Waals surface area contributed by atoms with E-state index in [1.165, 1.54) is 0 Å². The number of amides is 1. The zero-order valence-corrected chi connectivity index (χ0v) is 14.5. The third kappa shape index (κ3) is 4.57. The molecule has 7 heteroatoms. The van der Waals surface area contributed by atoms with Gasteiger partial charge in [0, 0.05) is 37.5 Å². The van der Waals surface area contributed by atoms with Gasteiger partial charge >= 0.3 is 0 Å². The summed E-state index contributed by atoms with van der Waals surface area (Å²) in [5.74, 6) is 2.07. The lowest BCUT2D eigenvalue weighted by molar-refractivity contribution is -0.132. The van der Waals surface area contributed by atoms with Crippen LogP contribution in [0, 0.1) is 0 Å². The molecule has 1 fully saturated rings. The Morgan fingerprint density at radius 1 is 1.32 bits per heavy atom. The summed E-state index contributed by atoms with van der Waals surface area (Å²) in [5, 5.41) is 4.00. The van der Waals surface area contributed by atoms with Crippen LogP contribution in [-0.2, 0) is 11.2 Å². The van der Waals surface area contributed by atoms with Gasteiger partial charge in [-0.15, -0.1) is 0 Å². The molecule has 2 heterocycles. The lowest BCUT2D eigenvalue weighted by Crippen LogP contribution is -2.42. The van der Waals surface area contributed by atoms with Crippen LogP contribution in [0.25, 0.3) is 11.4 Å². The number of methoxy groups -OCH3 is 1. The molecule has 2 aromatic rings. The number of ether oxygens (including phenoxy) is 1. The SMILES string of the molecule is COc1ccc(-c2noc(CCCC(=O)N3CCC(N)CC3)n2)cc1. The third-order valence-corrected chi connectivity index (χ3v) is 4.49. The van der Waals surface area contributed by atoms with Gasteiger partial charge in [0.2, 0.25) is 17.6 Å². The van der Waals surface area contributed by atoms with E-state index in [9.17, 15) is 4.79 Å². The molecule has 0 aliphatic carbocycles. The van der Waals surface area contributed by atoms with Crippen LogP contribution in [0.5, 0.6) is 5.75 Å². The molecule has 7 nitrogen and oxygen atoms in total. The van der Waals surface area contributed by atoms with Gasteiger partial charge in [-0.25, -0.2) is 0 Å². The van der Waals surface area contributed by atoms with Crippen LogP contribution >= 0.6 is 0 Å². The first kappa shape index (κ1) is 17.4. The molecule has 0 radical (unpaired) electrons. The second kappa shape index (κ2) is 8.11. The second-order valence-electron chi connectivity index (χ2n) is 6.31. The zero-order valence-electron chi connectivity index (χ0n) is 14.5. The Kier molecular flexibility index (Phi) is 5.65. The van der Waals surface area contributed by atoms with E-state index in [4.69, 9.17) is 15.0 Å². The topological polar surface area (TPSA) is 94.5 Å². The molecule has 0 atom stereocenters. The van der Waals surface area contributed by atoms with Crippen LogP contribution in [0.4, 0.5) is 0 Å². The molecular formula is C18H24N4O3. The van der Waals surface area contributed by atoms with E-state index in [1.54, 1.807) is 7.11 Å². The second-order valence-corrected chi connectivity index (χ2v) is 6.31. The molecule has 3 rings (SSSR count). The maximum absolute atomic E-state index is 12.2. The highest BCUT2D eigenvalue weighted by Crippen LogP contribution is 2.20. The van der Waals surface area contributed by atoms with Crippen molar-refractivity contribution in [3.63, 3.8) is 0 Å². The molecule has 1 aliphatic rings. The predicted octanol–water partition coefficient (Wildman–Crippen LogP) is 2.02. The number of nitrogens with zero attached hydrogens (tertiary/aromatic N) is 3. The maximum atomic E-state index is 12.2. The minimum Gasteiger partial charge on any atom is -0.497 e. The number of nitrogens with two attached hydrogens (primary N) is 1. The summed E-state index contributed by atoms with van der Waals surface area (Å²) in [4.78, 5) is 18.5. The molecule has 0 bridgehead atoms. The molecule has 25 heavy (non-hydrogen) atoms. The number of hydrogen-bond acceptors (Lipinski definition) is 6. The number of hydrogen-bond donors (Lipinski definition) is 1. The van der Waals surface area contributed by atoms with E-state index in [-0.39, 0.29) is 11.9 Å². The van der Waals surface area contributed by atoms with Gasteiger partial charge in [-0.2, -0.15) is 4.98 Å². The van der Waals surface area contributed by atoms with Crippen LogP contribution in [0.3, 0.4) is 0 Å². The molecule has 0 saturated carbocycles. The van der Waals surface area contributed by atoms with E-state index in [2.05, 4.69) is 10.1 Å². The van der Waals surface area contributed by atoms with Crippen LogP contribution < -0.4 is 10.5 Å². The average Bonchev–Trinajstić information content (AvgIpc) is 3.11. The van der Waals surface area contributed by atoms with E-state index in [0.717, 1.165) is 37.2 Å². The van der Waals surface area contributed by atoms with E-state index < -0.39 is 0 Å². The summed E-state index contributed by atoms with van der Waals surface area (Å²) in [6.45, 7) is 1.53. The van der Waals surface area contributed by atoms with Crippen molar-refractivity contribution < 1.29 is 14.1 Å². The summed E-state index contributed by atoms with van der Waals surface area (Å²) in [6.07, 6.45) is 3.57. The Labute approximate surface area is 147 Å². The largest absolute Gasteiger partial charge is 0.497 e. The lowest BCUT2D eigenvalue weighted by atomic mass is 10.1. The number of likely N-dealkylation sites (tertiary alicyclic amines) is 1. The molecule has 0 spiro atoms. The van der Waals surface area contributed by atoms with Gasteiger partial charge in [-0.05, 0) is 43.5 Å². The minimum atomic E-state index is 0.182. The highest BCUT2D eigenvalue weighted by molar-refractivity contribution is 5.76. The summed E-state index contributed by atoms with van der Waals surface area (Å²) in [6, 6.07) is 7.72. The van der Waals surface area contributed by atoms with Crippen molar-refractivity contribution in [3.05, 3.63) is 30.2 Å². The van der Waals surface area contributed by atoms with Gasteiger partial charge in [-0.1, -0.05) is 5.16 Å². The Hall–Kier alpha value is -2.41. The number of aryl methyl sites for hydroxylation is 1. The predicted molar refractivity (Wildman–Crippen MR) is 93.0 cm³/mol. The number of carbonyl (C=O) groups is 1. The van der Waals surface area contributed by atoms with Crippen molar-refractivity contribution in [1.29, 1.82) is 0 Å². The van der Waals surface area contributed by atoms with Gasteiger partial charge < -0.3 is 19.9 Å². The van der Waals surface area contributed by atoms with Crippen LogP contribution in [0.2, 0.25) is 0 Å². The Bertz CT molecular complexity index is 691. The summed E-state index contributed by atoms with van der Waals surface area (Å²) >= 11 is 0. The lowest BCUT2D eigenvalue weighted by Gasteiger charge is -2.30. The molecule has 1 saturated heterocycles. The Morgan fingerprint density at radius 2 is 2.04 bits per heavy atom. The Morgan fingerprint density at radius 3 is 2.72 bits per heavy atom. The normalized spacial score (nSPS) is 15.4. The third-order valence-electron chi connectivity index (χ3n) is 4.49. The van der Waals surface area contributed by atoms with Crippen molar-refractivity contribution >= 4 is 5.91 Å².